The number of carbonyl (C=O) groups excluding carboxylic acids is 1. The summed E-state index contributed by atoms with van der Waals surface area (Å²) in [5.41, 5.74) is 6.26. The maximum atomic E-state index is 13.0. The Labute approximate surface area is 114 Å². The number of hydrogen-bond acceptors (Lipinski definition) is 4. The third-order valence-electron chi connectivity index (χ3n) is 2.89. The Morgan fingerprint density at radius 2 is 1.95 bits per heavy atom. The molecule has 0 saturated heterocycles. The molecule has 102 valence electrons. The first-order valence-corrected chi connectivity index (χ1v) is 5.89. The highest BCUT2D eigenvalue weighted by molar-refractivity contribution is 6.04. The van der Waals surface area contributed by atoms with Gasteiger partial charge < -0.3 is 20.5 Å². The number of fused-ring (bicyclic) bond motifs is 1. The van der Waals surface area contributed by atoms with Crippen LogP contribution in [0.15, 0.2) is 36.4 Å². The van der Waals surface area contributed by atoms with Gasteiger partial charge in [-0.05, 0) is 36.4 Å². The van der Waals surface area contributed by atoms with E-state index in [1.165, 1.54) is 18.2 Å². The number of carbonyl (C=O) groups is 1. The number of rotatable bonds is 2. The van der Waals surface area contributed by atoms with Crippen molar-refractivity contribution < 1.29 is 18.7 Å². The van der Waals surface area contributed by atoms with Gasteiger partial charge in [-0.3, -0.25) is 4.79 Å². The van der Waals surface area contributed by atoms with Gasteiger partial charge in [0.05, 0.1) is 5.69 Å². The Bertz CT molecular complexity index is 688. The van der Waals surface area contributed by atoms with Gasteiger partial charge in [-0.15, -0.1) is 0 Å². The second-order valence-electron chi connectivity index (χ2n) is 4.26. The first-order chi connectivity index (χ1) is 9.63. The Balaban J connectivity index is 1.80. The van der Waals surface area contributed by atoms with Gasteiger partial charge >= 0.3 is 0 Å². The summed E-state index contributed by atoms with van der Waals surface area (Å²) in [6.45, 7) is 0.148. The Morgan fingerprint density at radius 1 is 1.15 bits per heavy atom. The molecule has 3 N–H and O–H groups in total. The highest BCUT2D eigenvalue weighted by atomic mass is 19.1. The van der Waals surface area contributed by atoms with Crippen LogP contribution in [0.25, 0.3) is 0 Å². The molecule has 0 unspecified atom stereocenters. The second kappa shape index (κ2) is 4.73. The number of nitrogens with two attached hydrogens (primary N) is 1. The molecule has 0 saturated carbocycles. The lowest BCUT2D eigenvalue weighted by Crippen LogP contribution is -2.12. The summed E-state index contributed by atoms with van der Waals surface area (Å²) in [5.74, 6) is 0.268. The number of anilines is 2. The Morgan fingerprint density at radius 3 is 2.75 bits per heavy atom. The zero-order valence-electron chi connectivity index (χ0n) is 10.4. The van der Waals surface area contributed by atoms with E-state index in [0.29, 0.717) is 22.7 Å². The lowest BCUT2D eigenvalue weighted by Gasteiger charge is -2.07. The van der Waals surface area contributed by atoms with E-state index in [4.69, 9.17) is 15.2 Å². The normalized spacial score (nSPS) is 12.2. The summed E-state index contributed by atoms with van der Waals surface area (Å²) in [5, 5.41) is 2.64. The topological polar surface area (TPSA) is 73.6 Å². The van der Waals surface area contributed by atoms with Crippen LogP contribution in [0.5, 0.6) is 11.5 Å². The number of halogens is 1. The van der Waals surface area contributed by atoms with Crippen LogP contribution >= 0.6 is 0 Å². The summed E-state index contributed by atoms with van der Waals surface area (Å²) in [7, 11) is 0. The third-order valence-corrected chi connectivity index (χ3v) is 2.89. The number of amides is 1. The molecule has 2 aromatic carbocycles. The molecule has 0 radical (unpaired) electrons. The smallest absolute Gasteiger partial charge is 0.255 e. The monoisotopic (exact) mass is 274 g/mol. The molecule has 1 aliphatic heterocycles. The molecule has 0 bridgehead atoms. The van der Waals surface area contributed by atoms with E-state index >= 15 is 0 Å². The van der Waals surface area contributed by atoms with Gasteiger partial charge in [0, 0.05) is 11.3 Å². The standard InChI is InChI=1S/C14H11FN2O3/c15-10-3-2-9(6-11(10)16)17-14(18)8-1-4-12-13(5-8)20-7-19-12/h1-6H,7,16H2,(H,17,18). The average Bonchev–Trinajstić information content (AvgIpc) is 2.90. The van der Waals surface area contributed by atoms with Crippen molar-refractivity contribution >= 4 is 17.3 Å². The van der Waals surface area contributed by atoms with E-state index in [1.54, 1.807) is 18.2 Å². The highest BCUT2D eigenvalue weighted by Gasteiger charge is 2.16. The number of benzene rings is 2. The lowest BCUT2D eigenvalue weighted by atomic mass is 10.2. The highest BCUT2D eigenvalue weighted by Crippen LogP contribution is 2.32. The summed E-state index contributed by atoms with van der Waals surface area (Å²) in [6.07, 6.45) is 0. The minimum atomic E-state index is -0.522. The average molecular weight is 274 g/mol. The van der Waals surface area contributed by atoms with Crippen molar-refractivity contribution in [3.05, 3.63) is 47.8 Å². The van der Waals surface area contributed by atoms with Crippen LogP contribution < -0.4 is 20.5 Å². The van der Waals surface area contributed by atoms with Crippen LogP contribution in [-0.4, -0.2) is 12.7 Å². The predicted octanol–water partition coefficient (Wildman–Crippen LogP) is 2.39. The lowest BCUT2D eigenvalue weighted by molar-refractivity contribution is 0.102. The summed E-state index contributed by atoms with van der Waals surface area (Å²) >= 11 is 0. The molecule has 0 aromatic heterocycles. The zero-order valence-corrected chi connectivity index (χ0v) is 10.4. The van der Waals surface area contributed by atoms with Crippen LogP contribution in [-0.2, 0) is 0 Å². The molecule has 0 fully saturated rings. The van der Waals surface area contributed by atoms with Crippen molar-refractivity contribution in [2.24, 2.45) is 0 Å². The summed E-state index contributed by atoms with van der Waals surface area (Å²) in [4.78, 5) is 12.1. The molecular formula is C14H11FN2O3. The van der Waals surface area contributed by atoms with Gasteiger partial charge in [0.1, 0.15) is 5.82 Å². The first-order valence-electron chi connectivity index (χ1n) is 5.89. The molecule has 2 aromatic rings. The first kappa shape index (κ1) is 12.3. The number of ether oxygens (including phenoxy) is 2. The second-order valence-corrected chi connectivity index (χ2v) is 4.26. The molecule has 3 rings (SSSR count). The van der Waals surface area contributed by atoms with Gasteiger partial charge in [0.25, 0.3) is 5.91 Å². The van der Waals surface area contributed by atoms with Crippen LogP contribution in [0, 0.1) is 5.82 Å². The SMILES string of the molecule is Nc1cc(NC(=O)c2ccc3c(c2)OCO3)ccc1F. The van der Waals surface area contributed by atoms with Crippen molar-refractivity contribution in [2.45, 2.75) is 0 Å². The van der Waals surface area contributed by atoms with E-state index < -0.39 is 5.82 Å². The molecule has 6 heteroatoms. The molecule has 20 heavy (non-hydrogen) atoms. The van der Waals surface area contributed by atoms with Crippen molar-refractivity contribution in [2.75, 3.05) is 17.8 Å². The third kappa shape index (κ3) is 2.23. The zero-order chi connectivity index (χ0) is 14.1. The van der Waals surface area contributed by atoms with Crippen LogP contribution in [0.2, 0.25) is 0 Å². The summed E-state index contributed by atoms with van der Waals surface area (Å²) in [6, 6.07) is 8.87. The molecule has 1 heterocycles. The maximum Gasteiger partial charge on any atom is 0.255 e. The molecule has 0 aliphatic carbocycles. The van der Waals surface area contributed by atoms with Crippen molar-refractivity contribution in [1.82, 2.24) is 0 Å². The maximum absolute atomic E-state index is 13.0. The van der Waals surface area contributed by atoms with Crippen LogP contribution in [0.4, 0.5) is 15.8 Å². The van der Waals surface area contributed by atoms with Gasteiger partial charge in [-0.2, -0.15) is 0 Å². The Hall–Kier alpha value is -2.76. The van der Waals surface area contributed by atoms with E-state index in [0.717, 1.165) is 0 Å². The largest absolute Gasteiger partial charge is 0.454 e. The molecular weight excluding hydrogens is 263 g/mol. The van der Waals surface area contributed by atoms with E-state index in [1.807, 2.05) is 0 Å². The van der Waals surface area contributed by atoms with Gasteiger partial charge in [-0.1, -0.05) is 0 Å². The Kier molecular flexibility index (Phi) is 2.90. The molecule has 5 nitrogen and oxygen atoms in total. The summed E-state index contributed by atoms with van der Waals surface area (Å²) < 4.78 is 23.4. The number of hydrogen-bond donors (Lipinski definition) is 2. The molecule has 0 atom stereocenters. The van der Waals surface area contributed by atoms with Crippen molar-refractivity contribution in [1.29, 1.82) is 0 Å². The molecule has 1 amide bonds. The van der Waals surface area contributed by atoms with E-state index in [2.05, 4.69) is 5.32 Å². The van der Waals surface area contributed by atoms with Crippen molar-refractivity contribution in [3.63, 3.8) is 0 Å². The fourth-order valence-corrected chi connectivity index (χ4v) is 1.86. The van der Waals surface area contributed by atoms with Crippen molar-refractivity contribution in [3.8, 4) is 11.5 Å². The van der Waals surface area contributed by atoms with Crippen LogP contribution in [0.3, 0.4) is 0 Å². The minimum Gasteiger partial charge on any atom is -0.454 e. The fourth-order valence-electron chi connectivity index (χ4n) is 1.86. The number of nitrogen functional groups attached to an aromatic ring is 1. The van der Waals surface area contributed by atoms with E-state index in [-0.39, 0.29) is 18.4 Å². The van der Waals surface area contributed by atoms with Gasteiger partial charge in [0.2, 0.25) is 6.79 Å². The fraction of sp³-hybridized carbons (Fsp3) is 0.0714. The van der Waals surface area contributed by atoms with Gasteiger partial charge in [-0.25, -0.2) is 4.39 Å². The van der Waals surface area contributed by atoms with Crippen LogP contribution in [0.1, 0.15) is 10.4 Å². The van der Waals surface area contributed by atoms with Gasteiger partial charge in [0.15, 0.2) is 11.5 Å². The quantitative estimate of drug-likeness (QED) is 0.825. The predicted molar refractivity (Wildman–Crippen MR) is 71.3 cm³/mol. The van der Waals surface area contributed by atoms with E-state index in [9.17, 15) is 9.18 Å². The minimum absolute atomic E-state index is 0.0199. The molecule has 0 spiro atoms. The number of nitrogens with one attached hydrogen (secondary N) is 1. The molecule has 1 aliphatic rings.